The summed E-state index contributed by atoms with van der Waals surface area (Å²) < 4.78 is 21.3. The molecule has 0 aliphatic rings. The van der Waals surface area contributed by atoms with Gasteiger partial charge in [0.05, 0.1) is 45.5 Å². The Hall–Kier alpha value is -4.99. The fourth-order valence-corrected chi connectivity index (χ4v) is 3.84. The highest BCUT2D eigenvalue weighted by atomic mass is 16.5. The van der Waals surface area contributed by atoms with E-state index in [1.54, 1.807) is 60.7 Å². The van der Waals surface area contributed by atoms with Crippen LogP contribution in [-0.2, 0) is 16.1 Å². The maximum absolute atomic E-state index is 13.8. The molecule has 38 heavy (non-hydrogen) atoms. The molecule has 0 radical (unpaired) electrons. The highest BCUT2D eigenvalue weighted by molar-refractivity contribution is 6.04. The maximum Gasteiger partial charge on any atom is 0.287 e. The third-order valence-electron chi connectivity index (χ3n) is 5.67. The van der Waals surface area contributed by atoms with E-state index in [1.165, 1.54) is 37.7 Å². The van der Waals surface area contributed by atoms with E-state index in [0.717, 1.165) is 0 Å². The molecule has 2 N–H and O–H groups in total. The number of hydrogen-bond acceptors (Lipinski definition) is 7. The van der Waals surface area contributed by atoms with Gasteiger partial charge in [-0.05, 0) is 29.8 Å². The Morgan fingerprint density at radius 3 is 2.13 bits per heavy atom. The number of ether oxygens (including phenoxy) is 2. The minimum absolute atomic E-state index is 0.0585. The van der Waals surface area contributed by atoms with Crippen molar-refractivity contribution in [3.8, 4) is 11.5 Å². The van der Waals surface area contributed by atoms with Crippen molar-refractivity contribution in [1.29, 1.82) is 0 Å². The number of amides is 3. The van der Waals surface area contributed by atoms with Crippen LogP contribution in [0.25, 0.3) is 0 Å². The summed E-state index contributed by atoms with van der Waals surface area (Å²) in [7, 11) is 2.97. The Bertz CT molecular complexity index is 1330. The molecule has 0 spiro atoms. The molecule has 4 aromatic rings. The molecule has 0 aliphatic heterocycles. The summed E-state index contributed by atoms with van der Waals surface area (Å²) in [6.07, 6.45) is 2.87. The second kappa shape index (κ2) is 12.3. The van der Waals surface area contributed by atoms with E-state index < -0.39 is 30.3 Å². The molecule has 2 aromatic carbocycles. The molecule has 0 saturated heterocycles. The predicted octanol–water partition coefficient (Wildman–Crippen LogP) is 3.71. The van der Waals surface area contributed by atoms with Gasteiger partial charge < -0.3 is 28.9 Å². The van der Waals surface area contributed by atoms with Crippen molar-refractivity contribution in [2.75, 3.05) is 25.7 Å². The van der Waals surface area contributed by atoms with Crippen molar-refractivity contribution in [1.82, 2.24) is 10.6 Å². The van der Waals surface area contributed by atoms with E-state index in [4.69, 9.17) is 18.3 Å². The summed E-state index contributed by atoms with van der Waals surface area (Å²) in [4.78, 5) is 41.2. The van der Waals surface area contributed by atoms with Gasteiger partial charge in [0, 0.05) is 18.2 Å². The number of methoxy groups -OCH3 is 2. The van der Waals surface area contributed by atoms with Crippen LogP contribution in [0, 0.1) is 0 Å². The maximum atomic E-state index is 13.8. The number of carbonyl (C=O) groups excluding carboxylic acids is 3. The highest BCUT2D eigenvalue weighted by Crippen LogP contribution is 2.34. The van der Waals surface area contributed by atoms with E-state index >= 15 is 0 Å². The van der Waals surface area contributed by atoms with Gasteiger partial charge in [-0.25, -0.2) is 0 Å². The summed E-state index contributed by atoms with van der Waals surface area (Å²) in [5.41, 5.74) is 0.886. The molecule has 196 valence electrons. The van der Waals surface area contributed by atoms with E-state index in [-0.39, 0.29) is 12.3 Å². The lowest BCUT2D eigenvalue weighted by molar-refractivity contribution is -0.126. The fourth-order valence-electron chi connectivity index (χ4n) is 3.84. The van der Waals surface area contributed by atoms with Crippen molar-refractivity contribution in [3.63, 3.8) is 0 Å². The summed E-state index contributed by atoms with van der Waals surface area (Å²) >= 11 is 0. The summed E-state index contributed by atoms with van der Waals surface area (Å²) in [5, 5.41) is 5.40. The lowest BCUT2D eigenvalue weighted by atomic mass is 10.0. The molecule has 0 aliphatic carbocycles. The smallest absolute Gasteiger partial charge is 0.287 e. The van der Waals surface area contributed by atoms with Gasteiger partial charge in [-0.3, -0.25) is 19.3 Å². The quantitative estimate of drug-likeness (QED) is 0.311. The first-order chi connectivity index (χ1) is 18.5. The molecular formula is C28H27N3O7. The second-order valence-electron chi connectivity index (χ2n) is 8.10. The monoisotopic (exact) mass is 517 g/mol. The molecule has 0 unspecified atom stereocenters. The third-order valence-corrected chi connectivity index (χ3v) is 5.67. The largest absolute Gasteiger partial charge is 0.497 e. The second-order valence-corrected chi connectivity index (χ2v) is 8.10. The molecule has 0 fully saturated rings. The van der Waals surface area contributed by atoms with Gasteiger partial charge in [0.2, 0.25) is 11.8 Å². The fraction of sp³-hybridized carbons (Fsp3) is 0.179. The van der Waals surface area contributed by atoms with Crippen molar-refractivity contribution >= 4 is 23.4 Å². The van der Waals surface area contributed by atoms with E-state index in [2.05, 4.69) is 10.6 Å². The standard InChI is InChI=1S/C28H27N3O7/c1-35-22-14-20(15-23(16-22)36-2)31(25(32)18-30-27(33)24-11-7-13-38-24)26(19-8-4-3-5-9-19)28(34)29-17-21-10-6-12-37-21/h3-16,26H,17-18H2,1-2H3,(H,29,34)(H,30,33)/t26-/m1/s1. The first-order valence-electron chi connectivity index (χ1n) is 11.7. The minimum atomic E-state index is -1.10. The highest BCUT2D eigenvalue weighted by Gasteiger charge is 2.33. The normalized spacial score (nSPS) is 11.3. The van der Waals surface area contributed by atoms with Gasteiger partial charge >= 0.3 is 0 Å². The van der Waals surface area contributed by atoms with Crippen LogP contribution in [0.2, 0.25) is 0 Å². The Morgan fingerprint density at radius 2 is 1.53 bits per heavy atom. The Labute approximate surface area is 219 Å². The predicted molar refractivity (Wildman–Crippen MR) is 138 cm³/mol. The van der Waals surface area contributed by atoms with Crippen LogP contribution in [-0.4, -0.2) is 38.5 Å². The van der Waals surface area contributed by atoms with E-state index in [0.29, 0.717) is 28.5 Å². The molecule has 2 heterocycles. The zero-order chi connectivity index (χ0) is 26.9. The topological polar surface area (TPSA) is 123 Å². The zero-order valence-corrected chi connectivity index (χ0v) is 20.9. The number of hydrogen-bond donors (Lipinski definition) is 2. The van der Waals surface area contributed by atoms with Crippen LogP contribution in [0.15, 0.2) is 94.2 Å². The van der Waals surface area contributed by atoms with Crippen LogP contribution >= 0.6 is 0 Å². The van der Waals surface area contributed by atoms with Gasteiger partial charge in [-0.1, -0.05) is 30.3 Å². The molecule has 0 bridgehead atoms. The molecule has 4 rings (SSSR count). The van der Waals surface area contributed by atoms with Gasteiger partial charge in [-0.15, -0.1) is 0 Å². The number of anilines is 1. The number of rotatable bonds is 11. The van der Waals surface area contributed by atoms with Gasteiger partial charge in [-0.2, -0.15) is 0 Å². The van der Waals surface area contributed by atoms with Crippen molar-refractivity contribution in [3.05, 3.63) is 102 Å². The number of benzene rings is 2. The molecule has 2 aromatic heterocycles. The van der Waals surface area contributed by atoms with Gasteiger partial charge in [0.25, 0.3) is 5.91 Å². The Kier molecular flexibility index (Phi) is 8.45. The lowest BCUT2D eigenvalue weighted by Crippen LogP contribution is -2.47. The van der Waals surface area contributed by atoms with Crippen LogP contribution in [0.4, 0.5) is 5.69 Å². The van der Waals surface area contributed by atoms with E-state index in [9.17, 15) is 14.4 Å². The Balaban J connectivity index is 1.72. The third kappa shape index (κ3) is 6.22. The first-order valence-corrected chi connectivity index (χ1v) is 11.7. The molecule has 0 saturated carbocycles. The average Bonchev–Trinajstić information content (AvgIpc) is 3.68. The number of carbonyl (C=O) groups is 3. The molecule has 3 amide bonds. The van der Waals surface area contributed by atoms with Crippen LogP contribution in [0.1, 0.15) is 27.9 Å². The first kappa shape index (κ1) is 26.1. The van der Waals surface area contributed by atoms with Gasteiger partial charge in [0.1, 0.15) is 23.3 Å². The van der Waals surface area contributed by atoms with Gasteiger partial charge in [0.15, 0.2) is 5.76 Å². The zero-order valence-electron chi connectivity index (χ0n) is 20.9. The van der Waals surface area contributed by atoms with Crippen LogP contribution < -0.4 is 25.0 Å². The average molecular weight is 518 g/mol. The van der Waals surface area contributed by atoms with E-state index in [1.807, 2.05) is 6.07 Å². The number of nitrogens with zero attached hydrogens (tertiary/aromatic N) is 1. The summed E-state index contributed by atoms with van der Waals surface area (Å²) in [6, 6.07) is 19.1. The van der Waals surface area contributed by atoms with Crippen molar-refractivity contribution in [2.24, 2.45) is 0 Å². The SMILES string of the molecule is COc1cc(OC)cc(N(C(=O)CNC(=O)c2ccco2)[C@@H](C(=O)NCc2ccco2)c2ccccc2)c1. The molecular weight excluding hydrogens is 490 g/mol. The summed E-state index contributed by atoms with van der Waals surface area (Å²) in [5.74, 6) is -0.133. The van der Waals surface area contributed by atoms with Crippen molar-refractivity contribution in [2.45, 2.75) is 12.6 Å². The minimum Gasteiger partial charge on any atom is -0.497 e. The summed E-state index contributed by atoms with van der Waals surface area (Å²) in [6.45, 7) is -0.290. The molecule has 10 heteroatoms. The Morgan fingerprint density at radius 1 is 0.842 bits per heavy atom. The molecule has 1 atom stereocenters. The number of furan rings is 2. The molecule has 10 nitrogen and oxygen atoms in total. The van der Waals surface area contributed by atoms with Crippen LogP contribution in [0.3, 0.4) is 0 Å². The van der Waals surface area contributed by atoms with Crippen LogP contribution in [0.5, 0.6) is 11.5 Å². The number of nitrogens with one attached hydrogen (secondary N) is 2. The lowest BCUT2D eigenvalue weighted by Gasteiger charge is -2.32. The van der Waals surface area contributed by atoms with Crippen molar-refractivity contribution < 1.29 is 32.7 Å².